The lowest BCUT2D eigenvalue weighted by Crippen LogP contribution is -2.26. The molecule has 1 aliphatic rings. The van der Waals surface area contributed by atoms with E-state index in [-0.39, 0.29) is 6.04 Å². The fraction of sp³-hybridized carbons (Fsp3) is 0.571. The summed E-state index contributed by atoms with van der Waals surface area (Å²) in [5.41, 5.74) is 0.536. The number of hydrogen-bond acceptors (Lipinski definition) is 1. The summed E-state index contributed by atoms with van der Waals surface area (Å²) < 4.78 is 26.3. The van der Waals surface area contributed by atoms with E-state index in [0.29, 0.717) is 11.5 Å². The molecule has 2 rings (SSSR count). The standard InChI is InChI=1S/C14H19F2N/c1-9(11-3-4-11)8-17-10(2)13-6-5-12(15)7-14(13)16/h5-7,9-11,17H,3-4,8H2,1-2H3. The van der Waals surface area contributed by atoms with Crippen molar-refractivity contribution in [2.24, 2.45) is 11.8 Å². The van der Waals surface area contributed by atoms with Gasteiger partial charge in [-0.2, -0.15) is 0 Å². The molecule has 1 nitrogen and oxygen atoms in total. The molecule has 0 heterocycles. The summed E-state index contributed by atoms with van der Waals surface area (Å²) in [6, 6.07) is 3.69. The van der Waals surface area contributed by atoms with Crippen molar-refractivity contribution in [1.29, 1.82) is 0 Å². The molecule has 94 valence electrons. The Morgan fingerprint density at radius 2 is 2.00 bits per heavy atom. The van der Waals surface area contributed by atoms with Crippen LogP contribution in [-0.4, -0.2) is 6.54 Å². The van der Waals surface area contributed by atoms with Crippen molar-refractivity contribution in [3.05, 3.63) is 35.4 Å². The maximum Gasteiger partial charge on any atom is 0.130 e. The summed E-state index contributed by atoms with van der Waals surface area (Å²) in [4.78, 5) is 0. The average Bonchev–Trinajstić information content (AvgIpc) is 3.09. The summed E-state index contributed by atoms with van der Waals surface area (Å²) in [6.45, 7) is 5.02. The van der Waals surface area contributed by atoms with Crippen LogP contribution in [0.1, 0.15) is 38.3 Å². The fourth-order valence-electron chi connectivity index (χ4n) is 2.16. The second-order valence-corrected chi connectivity index (χ2v) is 5.11. The van der Waals surface area contributed by atoms with Gasteiger partial charge in [0.2, 0.25) is 0 Å². The first-order valence-electron chi connectivity index (χ1n) is 6.26. The maximum atomic E-state index is 13.5. The van der Waals surface area contributed by atoms with Crippen LogP contribution in [0.15, 0.2) is 18.2 Å². The number of rotatable bonds is 5. The molecule has 1 aliphatic carbocycles. The molecule has 0 aromatic heterocycles. The van der Waals surface area contributed by atoms with E-state index in [2.05, 4.69) is 12.2 Å². The molecule has 1 fully saturated rings. The first-order chi connectivity index (χ1) is 8.08. The largest absolute Gasteiger partial charge is 0.310 e. The van der Waals surface area contributed by atoms with Crippen LogP contribution in [0.2, 0.25) is 0 Å². The van der Waals surface area contributed by atoms with Crippen LogP contribution in [0, 0.1) is 23.5 Å². The highest BCUT2D eigenvalue weighted by Crippen LogP contribution is 2.36. The lowest BCUT2D eigenvalue weighted by Gasteiger charge is -2.18. The Kier molecular flexibility index (Phi) is 3.77. The lowest BCUT2D eigenvalue weighted by atomic mass is 10.0. The molecule has 1 aromatic rings. The van der Waals surface area contributed by atoms with Crippen LogP contribution in [0.3, 0.4) is 0 Å². The monoisotopic (exact) mass is 239 g/mol. The molecule has 17 heavy (non-hydrogen) atoms. The van der Waals surface area contributed by atoms with Gasteiger partial charge in [-0.15, -0.1) is 0 Å². The molecular formula is C14H19F2N. The zero-order valence-electron chi connectivity index (χ0n) is 10.3. The third-order valence-corrected chi connectivity index (χ3v) is 3.60. The van der Waals surface area contributed by atoms with E-state index < -0.39 is 11.6 Å². The average molecular weight is 239 g/mol. The van der Waals surface area contributed by atoms with Crippen LogP contribution in [-0.2, 0) is 0 Å². The molecule has 1 aromatic carbocycles. The lowest BCUT2D eigenvalue weighted by molar-refractivity contribution is 0.424. The van der Waals surface area contributed by atoms with Gasteiger partial charge in [-0.25, -0.2) is 8.78 Å². The van der Waals surface area contributed by atoms with Crippen LogP contribution in [0.5, 0.6) is 0 Å². The number of halogens is 2. The summed E-state index contributed by atoms with van der Waals surface area (Å²) >= 11 is 0. The van der Waals surface area contributed by atoms with E-state index in [1.54, 1.807) is 0 Å². The van der Waals surface area contributed by atoms with Crippen LogP contribution in [0.25, 0.3) is 0 Å². The van der Waals surface area contributed by atoms with Gasteiger partial charge in [-0.1, -0.05) is 13.0 Å². The highest BCUT2D eigenvalue weighted by Gasteiger charge is 2.27. The van der Waals surface area contributed by atoms with Crippen molar-refractivity contribution in [3.8, 4) is 0 Å². The van der Waals surface area contributed by atoms with E-state index in [4.69, 9.17) is 0 Å². The van der Waals surface area contributed by atoms with E-state index in [9.17, 15) is 8.78 Å². The fourth-order valence-corrected chi connectivity index (χ4v) is 2.16. The third-order valence-electron chi connectivity index (χ3n) is 3.60. The Hall–Kier alpha value is -0.960. The van der Waals surface area contributed by atoms with Gasteiger partial charge in [-0.05, 0) is 44.2 Å². The van der Waals surface area contributed by atoms with Gasteiger partial charge in [0.1, 0.15) is 11.6 Å². The van der Waals surface area contributed by atoms with Crippen LogP contribution in [0.4, 0.5) is 8.78 Å². The Labute approximate surface area is 101 Å². The molecular weight excluding hydrogens is 220 g/mol. The molecule has 0 amide bonds. The smallest absolute Gasteiger partial charge is 0.130 e. The SMILES string of the molecule is CC(NCC(C)C1CC1)c1ccc(F)cc1F. The van der Waals surface area contributed by atoms with Crippen LogP contribution < -0.4 is 5.32 Å². The van der Waals surface area contributed by atoms with Gasteiger partial charge < -0.3 is 5.32 Å². The van der Waals surface area contributed by atoms with Gasteiger partial charge in [0, 0.05) is 17.7 Å². The first kappa shape index (κ1) is 12.5. The van der Waals surface area contributed by atoms with E-state index >= 15 is 0 Å². The van der Waals surface area contributed by atoms with Gasteiger partial charge in [-0.3, -0.25) is 0 Å². The normalized spacial score (nSPS) is 19.1. The molecule has 0 saturated heterocycles. The summed E-state index contributed by atoms with van der Waals surface area (Å²) in [5.74, 6) is 0.489. The summed E-state index contributed by atoms with van der Waals surface area (Å²) in [6.07, 6.45) is 2.64. The zero-order valence-corrected chi connectivity index (χ0v) is 10.3. The number of benzene rings is 1. The number of hydrogen-bond donors (Lipinski definition) is 1. The van der Waals surface area contributed by atoms with E-state index in [1.165, 1.54) is 25.0 Å². The third kappa shape index (κ3) is 3.25. The number of nitrogens with one attached hydrogen (secondary N) is 1. The molecule has 0 spiro atoms. The minimum atomic E-state index is -0.523. The minimum absolute atomic E-state index is 0.0724. The van der Waals surface area contributed by atoms with Crippen molar-refractivity contribution in [3.63, 3.8) is 0 Å². The van der Waals surface area contributed by atoms with Gasteiger partial charge in [0.15, 0.2) is 0 Å². The second kappa shape index (κ2) is 5.13. The van der Waals surface area contributed by atoms with E-state index in [0.717, 1.165) is 18.5 Å². The Morgan fingerprint density at radius 3 is 2.59 bits per heavy atom. The topological polar surface area (TPSA) is 12.0 Å². The molecule has 1 saturated carbocycles. The molecule has 3 heteroatoms. The Balaban J connectivity index is 1.91. The van der Waals surface area contributed by atoms with Crippen molar-refractivity contribution in [1.82, 2.24) is 5.32 Å². The predicted octanol–water partition coefficient (Wildman–Crippen LogP) is 3.66. The van der Waals surface area contributed by atoms with Crippen molar-refractivity contribution in [2.75, 3.05) is 6.54 Å². The quantitative estimate of drug-likeness (QED) is 0.826. The predicted molar refractivity (Wildman–Crippen MR) is 64.7 cm³/mol. The summed E-state index contributed by atoms with van der Waals surface area (Å²) in [7, 11) is 0. The highest BCUT2D eigenvalue weighted by molar-refractivity contribution is 5.21. The van der Waals surface area contributed by atoms with Gasteiger partial charge in [0.05, 0.1) is 0 Å². The van der Waals surface area contributed by atoms with E-state index in [1.807, 2.05) is 6.92 Å². The first-order valence-corrected chi connectivity index (χ1v) is 6.26. The molecule has 1 N–H and O–H groups in total. The highest BCUT2D eigenvalue weighted by atomic mass is 19.1. The molecule has 2 atom stereocenters. The van der Waals surface area contributed by atoms with Crippen molar-refractivity contribution in [2.45, 2.75) is 32.7 Å². The molecule has 0 radical (unpaired) electrons. The van der Waals surface area contributed by atoms with Crippen LogP contribution >= 0.6 is 0 Å². The summed E-state index contributed by atoms with van der Waals surface area (Å²) in [5, 5.41) is 3.32. The minimum Gasteiger partial charge on any atom is -0.310 e. The Bertz CT molecular complexity index is 388. The molecule has 0 bridgehead atoms. The molecule has 0 aliphatic heterocycles. The zero-order chi connectivity index (χ0) is 12.4. The Morgan fingerprint density at radius 1 is 1.29 bits per heavy atom. The second-order valence-electron chi connectivity index (χ2n) is 5.11. The van der Waals surface area contributed by atoms with Gasteiger partial charge in [0.25, 0.3) is 0 Å². The van der Waals surface area contributed by atoms with Gasteiger partial charge >= 0.3 is 0 Å². The molecule has 2 unspecified atom stereocenters. The van der Waals surface area contributed by atoms with Crippen molar-refractivity contribution < 1.29 is 8.78 Å². The van der Waals surface area contributed by atoms with Crippen molar-refractivity contribution >= 4 is 0 Å². The maximum absolute atomic E-state index is 13.5.